The predicted octanol–water partition coefficient (Wildman–Crippen LogP) is 1.59. The quantitative estimate of drug-likeness (QED) is 0.0440. The van der Waals surface area contributed by atoms with Crippen LogP contribution in [0, 0.1) is 12.3 Å². The van der Waals surface area contributed by atoms with Gasteiger partial charge in [-0.1, -0.05) is 60.7 Å². The third-order valence-corrected chi connectivity index (χ3v) is 10.7. The van der Waals surface area contributed by atoms with Crippen LogP contribution in [0.1, 0.15) is 34.2 Å². The average Bonchev–Trinajstić information content (AvgIpc) is 3.31. The van der Waals surface area contributed by atoms with Crippen molar-refractivity contribution < 1.29 is 59.4 Å². The van der Waals surface area contributed by atoms with Crippen molar-refractivity contribution in [3.63, 3.8) is 0 Å². The molecule has 0 saturated carbocycles. The fourth-order valence-electron chi connectivity index (χ4n) is 6.96. The van der Waals surface area contributed by atoms with Gasteiger partial charge in [0, 0.05) is 38.5 Å². The Balaban J connectivity index is 1.47. The number of hydrogen-bond donors (Lipinski definition) is 12. The molecule has 0 heterocycles. The first kappa shape index (κ1) is 50.4. The van der Waals surface area contributed by atoms with Crippen LogP contribution in [0.4, 0.5) is 0 Å². The van der Waals surface area contributed by atoms with Crippen molar-refractivity contribution in [1.29, 1.82) is 0 Å². The van der Waals surface area contributed by atoms with Crippen LogP contribution >= 0.6 is 0 Å². The number of carboxylic acids is 1. The summed E-state index contributed by atoms with van der Waals surface area (Å²) >= 11 is 0. The number of amides is 5. The molecule has 13 N–H and O–H groups in total. The molecular formula is C50H52N6O12. The van der Waals surface area contributed by atoms with Crippen LogP contribution < -0.4 is 32.3 Å². The third kappa shape index (κ3) is 15.6. The van der Waals surface area contributed by atoms with Gasteiger partial charge in [0.25, 0.3) is 0 Å². The van der Waals surface area contributed by atoms with Crippen LogP contribution in [-0.4, -0.2) is 102 Å². The van der Waals surface area contributed by atoms with E-state index in [2.05, 4.69) is 32.5 Å². The second-order valence-corrected chi connectivity index (χ2v) is 16.0. The number of aromatic hydroxyl groups is 5. The second-order valence-electron chi connectivity index (χ2n) is 16.0. The Morgan fingerprint density at radius 1 is 0.397 bits per heavy atom. The van der Waals surface area contributed by atoms with Crippen molar-refractivity contribution >= 4 is 35.5 Å². The van der Waals surface area contributed by atoms with Gasteiger partial charge in [-0.3, -0.25) is 24.0 Å². The maximum absolute atomic E-state index is 14.6. The molecular weight excluding hydrogens is 877 g/mol. The Morgan fingerprint density at radius 3 is 0.824 bits per heavy atom. The highest BCUT2D eigenvalue weighted by atomic mass is 16.4. The molecule has 0 aliphatic rings. The zero-order valence-corrected chi connectivity index (χ0v) is 36.5. The summed E-state index contributed by atoms with van der Waals surface area (Å²) in [4.78, 5) is 82.9. The smallest absolute Gasteiger partial charge is 0.326 e. The summed E-state index contributed by atoms with van der Waals surface area (Å²) in [5, 5.41) is 72.7. The number of carboxylic acid groups (broad SMARTS) is 1. The van der Waals surface area contributed by atoms with Gasteiger partial charge in [-0.25, -0.2) is 4.79 Å². The maximum atomic E-state index is 14.6. The SMILES string of the molecule is C#CC[C@H](N)C(=O)N[C@@H](Cc1ccc(O)cc1)C(=O)N[C@@H](Cc1ccc(O)cc1)C(=O)N[C@@H](Cc1ccc(O)cc1)C(=O)N[C@@H](Cc1ccc(O)cc1)C(=O)N[C@@H](Cc1ccc(O)cc1)C(=O)O. The van der Waals surface area contributed by atoms with E-state index in [4.69, 9.17) is 12.2 Å². The number of nitrogens with one attached hydrogen (secondary N) is 5. The van der Waals surface area contributed by atoms with E-state index < -0.39 is 71.8 Å². The highest BCUT2D eigenvalue weighted by Gasteiger charge is 2.34. The van der Waals surface area contributed by atoms with Gasteiger partial charge in [0.05, 0.1) is 6.04 Å². The molecule has 6 atom stereocenters. The zero-order chi connectivity index (χ0) is 49.3. The highest BCUT2D eigenvalue weighted by molar-refractivity contribution is 5.97. The Kier molecular flexibility index (Phi) is 17.9. The molecule has 0 bridgehead atoms. The van der Waals surface area contributed by atoms with Gasteiger partial charge in [0.1, 0.15) is 59.0 Å². The van der Waals surface area contributed by atoms with Crippen LogP contribution in [0.15, 0.2) is 121 Å². The van der Waals surface area contributed by atoms with Crippen molar-refractivity contribution in [1.82, 2.24) is 26.6 Å². The molecule has 0 fully saturated rings. The standard InChI is InChI=1S/C50H52N6O12/c1-2-3-39(51)45(62)52-40(24-29-4-14-34(57)15-5-29)46(63)53-41(25-30-6-16-35(58)17-7-30)47(64)54-42(26-31-8-18-36(59)19-9-31)48(65)55-43(27-32-10-20-37(60)21-11-32)49(66)56-44(50(67)68)28-33-12-22-38(61)23-13-33/h1,4-23,39-44,57-61H,3,24-28,51H2,(H,52,62)(H,53,63)(H,54,64)(H,55,65)(H,56,66)(H,67,68)/t39-,40-,41-,42-,43-,44-/m0/s1. The van der Waals surface area contributed by atoms with Crippen molar-refractivity contribution in [3.05, 3.63) is 149 Å². The van der Waals surface area contributed by atoms with E-state index in [-0.39, 0.29) is 67.3 Å². The van der Waals surface area contributed by atoms with Gasteiger partial charge in [-0.05, 0) is 88.5 Å². The lowest BCUT2D eigenvalue weighted by Crippen LogP contribution is -2.60. The van der Waals surface area contributed by atoms with E-state index in [0.29, 0.717) is 27.8 Å². The topological polar surface area (TPSA) is 310 Å². The van der Waals surface area contributed by atoms with Crippen molar-refractivity contribution in [2.75, 3.05) is 0 Å². The number of terminal acetylenes is 1. The van der Waals surface area contributed by atoms with Gasteiger partial charge < -0.3 is 63.0 Å². The third-order valence-electron chi connectivity index (χ3n) is 10.7. The Labute approximate surface area is 391 Å². The summed E-state index contributed by atoms with van der Waals surface area (Å²) < 4.78 is 0. The number of carbonyl (C=O) groups is 6. The minimum atomic E-state index is -1.50. The summed E-state index contributed by atoms with van der Waals surface area (Å²) in [7, 11) is 0. The summed E-state index contributed by atoms with van der Waals surface area (Å²) in [6, 6.07) is 20.3. The largest absolute Gasteiger partial charge is 0.508 e. The van der Waals surface area contributed by atoms with Crippen LogP contribution in [0.2, 0.25) is 0 Å². The molecule has 0 aliphatic heterocycles. The van der Waals surface area contributed by atoms with Crippen LogP contribution in [-0.2, 0) is 60.9 Å². The van der Waals surface area contributed by atoms with Gasteiger partial charge in [-0.15, -0.1) is 12.3 Å². The summed E-state index contributed by atoms with van der Waals surface area (Å²) in [5.74, 6) is -3.76. The van der Waals surface area contributed by atoms with E-state index >= 15 is 0 Å². The lowest BCUT2D eigenvalue weighted by atomic mass is 9.99. The number of phenols is 5. The molecule has 354 valence electrons. The number of benzene rings is 5. The van der Waals surface area contributed by atoms with Gasteiger partial charge in [0.15, 0.2) is 0 Å². The van der Waals surface area contributed by atoms with Crippen molar-refractivity contribution in [3.8, 4) is 41.1 Å². The first-order chi connectivity index (χ1) is 32.5. The van der Waals surface area contributed by atoms with Crippen LogP contribution in [0.25, 0.3) is 0 Å². The Bertz CT molecular complexity index is 2570. The molecule has 18 nitrogen and oxygen atoms in total. The fourth-order valence-corrected chi connectivity index (χ4v) is 6.96. The minimum Gasteiger partial charge on any atom is -0.508 e. The molecule has 18 heteroatoms. The number of rotatable bonds is 22. The first-order valence-electron chi connectivity index (χ1n) is 21.3. The minimum absolute atomic E-state index is 0.0475. The van der Waals surface area contributed by atoms with Gasteiger partial charge in [0.2, 0.25) is 29.5 Å². The molecule has 0 aromatic heterocycles. The second kappa shape index (κ2) is 24.1. The molecule has 5 rings (SSSR count). The van der Waals surface area contributed by atoms with Crippen LogP contribution in [0.3, 0.4) is 0 Å². The lowest BCUT2D eigenvalue weighted by Gasteiger charge is -2.27. The van der Waals surface area contributed by atoms with Gasteiger partial charge >= 0.3 is 5.97 Å². The Hall–Kier alpha value is -8.56. The molecule has 68 heavy (non-hydrogen) atoms. The molecule has 0 radical (unpaired) electrons. The maximum Gasteiger partial charge on any atom is 0.326 e. The normalized spacial score (nSPS) is 13.5. The van der Waals surface area contributed by atoms with Gasteiger partial charge in [-0.2, -0.15) is 0 Å². The molecule has 5 amide bonds. The number of nitrogens with two attached hydrogens (primary N) is 1. The van der Waals surface area contributed by atoms with E-state index in [0.717, 1.165) is 0 Å². The molecule has 5 aromatic rings. The van der Waals surface area contributed by atoms with E-state index in [1.165, 1.54) is 121 Å². The number of hydrogen-bond acceptors (Lipinski definition) is 12. The van der Waals surface area contributed by atoms with Crippen LogP contribution in [0.5, 0.6) is 28.7 Å². The predicted molar refractivity (Wildman–Crippen MR) is 248 cm³/mol. The van der Waals surface area contributed by atoms with Crippen molar-refractivity contribution in [2.45, 2.75) is 74.8 Å². The van der Waals surface area contributed by atoms with Crippen molar-refractivity contribution in [2.24, 2.45) is 5.73 Å². The number of carbonyl (C=O) groups excluding carboxylic acids is 5. The molecule has 0 saturated heterocycles. The molecule has 0 spiro atoms. The van der Waals surface area contributed by atoms with E-state index in [1.54, 1.807) is 0 Å². The summed E-state index contributed by atoms with van der Waals surface area (Å²) in [6.45, 7) is 0. The lowest BCUT2D eigenvalue weighted by molar-refractivity contribution is -0.142. The Morgan fingerprint density at radius 2 is 0.603 bits per heavy atom. The molecule has 5 aromatic carbocycles. The summed E-state index contributed by atoms with van der Waals surface area (Å²) in [5.41, 5.74) is 8.31. The molecule has 0 aliphatic carbocycles. The monoisotopic (exact) mass is 928 g/mol. The average molecular weight is 929 g/mol. The zero-order valence-electron chi connectivity index (χ0n) is 36.5. The number of phenolic OH excluding ortho intramolecular Hbond substituents is 5. The van der Waals surface area contributed by atoms with E-state index in [1.807, 2.05) is 0 Å². The fraction of sp³-hybridized carbons (Fsp3) is 0.240. The molecule has 0 unspecified atom stereocenters. The number of aliphatic carboxylic acids is 1. The first-order valence-corrected chi connectivity index (χ1v) is 21.3. The summed E-state index contributed by atoms with van der Waals surface area (Å²) in [6.07, 6.45) is 4.27. The highest BCUT2D eigenvalue weighted by Crippen LogP contribution is 2.18. The van der Waals surface area contributed by atoms with E-state index in [9.17, 15) is 59.4 Å².